The maximum absolute atomic E-state index is 12.9. The smallest absolute Gasteiger partial charge is 0.256 e. The number of benzene rings is 2. The van der Waals surface area contributed by atoms with E-state index in [2.05, 4.69) is 10.6 Å². The minimum Gasteiger partial charge on any atom is -0.354 e. The molecule has 0 unspecified atom stereocenters. The Hall–Kier alpha value is -3.50. The zero-order chi connectivity index (χ0) is 22.2. The summed E-state index contributed by atoms with van der Waals surface area (Å²) in [7, 11) is -2.27. The lowest BCUT2D eigenvalue weighted by atomic mass is 10.1. The summed E-state index contributed by atoms with van der Waals surface area (Å²) in [6.07, 6.45) is 0. The van der Waals surface area contributed by atoms with E-state index in [0.29, 0.717) is 10.9 Å². The number of aromatic nitrogens is 1. The van der Waals surface area contributed by atoms with E-state index < -0.39 is 15.9 Å². The third kappa shape index (κ3) is 3.94. The average Bonchev–Trinajstić information content (AvgIpc) is 2.76. The number of amides is 2. The van der Waals surface area contributed by atoms with Crippen molar-refractivity contribution in [2.45, 2.75) is 4.90 Å². The van der Waals surface area contributed by atoms with Gasteiger partial charge in [-0.3, -0.25) is 14.4 Å². The van der Waals surface area contributed by atoms with Gasteiger partial charge in [-0.25, -0.2) is 8.42 Å². The summed E-state index contributed by atoms with van der Waals surface area (Å²) in [6.45, 7) is 0.159. The fourth-order valence-electron chi connectivity index (χ4n) is 3.50. The van der Waals surface area contributed by atoms with Gasteiger partial charge in [0.2, 0.25) is 15.9 Å². The lowest BCUT2D eigenvalue weighted by molar-refractivity contribution is -0.122. The van der Waals surface area contributed by atoms with Gasteiger partial charge in [-0.05, 0) is 24.3 Å². The highest BCUT2D eigenvalue weighted by Gasteiger charge is 2.29. The number of sulfonamides is 1. The van der Waals surface area contributed by atoms with Crippen molar-refractivity contribution in [1.82, 2.24) is 14.2 Å². The standard InChI is InChI=1S/C21H20N4O5S/c1-24-18-8-3-2-7-16(18)17(12-20(24)27)21(28)23-14-5-4-6-15(11-14)31(29,30)25-10-9-22-19(26)13-25/h2-8,11-12H,9-10,13H2,1H3,(H,22,26)(H,23,28). The fraction of sp³-hybridized carbons (Fsp3) is 0.190. The first-order valence-electron chi connectivity index (χ1n) is 9.54. The molecule has 1 aliphatic heterocycles. The molecular formula is C21H20N4O5S. The van der Waals surface area contributed by atoms with Crippen molar-refractivity contribution in [2.75, 3.05) is 25.0 Å². The number of carbonyl (C=O) groups is 2. The molecule has 0 radical (unpaired) electrons. The highest BCUT2D eigenvalue weighted by molar-refractivity contribution is 7.89. The van der Waals surface area contributed by atoms with Crippen LogP contribution in [0.3, 0.4) is 0 Å². The summed E-state index contributed by atoms with van der Waals surface area (Å²) in [5, 5.41) is 5.86. The number of rotatable bonds is 4. The number of pyridine rings is 1. The van der Waals surface area contributed by atoms with Gasteiger partial charge in [0.15, 0.2) is 0 Å². The number of aryl methyl sites for hydroxylation is 1. The Bertz CT molecular complexity index is 1360. The molecule has 160 valence electrons. The molecule has 3 aromatic rings. The second-order valence-electron chi connectivity index (χ2n) is 7.14. The van der Waals surface area contributed by atoms with Crippen LogP contribution in [0.1, 0.15) is 10.4 Å². The molecule has 4 rings (SSSR count). The van der Waals surface area contributed by atoms with Crippen LogP contribution in [-0.2, 0) is 21.9 Å². The van der Waals surface area contributed by atoms with Crippen LogP contribution in [0, 0.1) is 0 Å². The lowest BCUT2D eigenvalue weighted by Gasteiger charge is -2.26. The first-order valence-corrected chi connectivity index (χ1v) is 11.0. The minimum absolute atomic E-state index is 0.0335. The largest absolute Gasteiger partial charge is 0.354 e. The zero-order valence-corrected chi connectivity index (χ0v) is 17.5. The monoisotopic (exact) mass is 440 g/mol. The van der Waals surface area contributed by atoms with Crippen LogP contribution < -0.4 is 16.2 Å². The maximum atomic E-state index is 12.9. The number of piperazine rings is 1. The molecule has 2 amide bonds. The Morgan fingerprint density at radius 3 is 2.61 bits per heavy atom. The summed E-state index contributed by atoms with van der Waals surface area (Å²) < 4.78 is 28.3. The molecule has 1 aliphatic rings. The van der Waals surface area contributed by atoms with Crippen LogP contribution >= 0.6 is 0 Å². The molecule has 2 aromatic carbocycles. The van der Waals surface area contributed by atoms with Crippen molar-refractivity contribution in [2.24, 2.45) is 7.05 Å². The number of nitrogens with one attached hydrogen (secondary N) is 2. The normalized spacial score (nSPS) is 14.9. The number of carbonyl (C=O) groups excluding carboxylic acids is 2. The van der Waals surface area contributed by atoms with Crippen molar-refractivity contribution < 1.29 is 18.0 Å². The lowest BCUT2D eigenvalue weighted by Crippen LogP contribution is -2.49. The molecule has 10 heteroatoms. The third-order valence-electron chi connectivity index (χ3n) is 5.13. The molecule has 1 fully saturated rings. The molecule has 1 aromatic heterocycles. The van der Waals surface area contributed by atoms with Gasteiger partial charge >= 0.3 is 0 Å². The van der Waals surface area contributed by atoms with Crippen LogP contribution in [0.5, 0.6) is 0 Å². The topological polar surface area (TPSA) is 118 Å². The number of para-hydroxylation sites is 1. The third-order valence-corrected chi connectivity index (χ3v) is 6.97. The van der Waals surface area contributed by atoms with Crippen LogP contribution in [0.4, 0.5) is 5.69 Å². The second-order valence-corrected chi connectivity index (χ2v) is 9.08. The first kappa shape index (κ1) is 20.8. The van der Waals surface area contributed by atoms with Gasteiger partial charge < -0.3 is 15.2 Å². The van der Waals surface area contributed by atoms with E-state index in [9.17, 15) is 22.8 Å². The van der Waals surface area contributed by atoms with Gasteiger partial charge in [-0.2, -0.15) is 4.31 Å². The predicted molar refractivity (Wildman–Crippen MR) is 115 cm³/mol. The van der Waals surface area contributed by atoms with Gasteiger partial charge in [0.1, 0.15) is 0 Å². The van der Waals surface area contributed by atoms with Crippen molar-refractivity contribution >= 4 is 38.4 Å². The van der Waals surface area contributed by atoms with Gasteiger partial charge in [0.05, 0.1) is 22.5 Å². The Morgan fingerprint density at radius 1 is 1.06 bits per heavy atom. The molecule has 2 heterocycles. The molecule has 1 saturated heterocycles. The number of fused-ring (bicyclic) bond motifs is 1. The van der Waals surface area contributed by atoms with Gasteiger partial charge in [-0.15, -0.1) is 0 Å². The van der Waals surface area contributed by atoms with E-state index in [0.717, 1.165) is 4.31 Å². The van der Waals surface area contributed by atoms with Gasteiger partial charge in [-0.1, -0.05) is 24.3 Å². The van der Waals surface area contributed by atoms with Crippen LogP contribution in [0.2, 0.25) is 0 Å². The average molecular weight is 440 g/mol. The van der Waals surface area contributed by atoms with E-state index >= 15 is 0 Å². The van der Waals surface area contributed by atoms with E-state index in [1.165, 1.54) is 28.8 Å². The molecule has 0 bridgehead atoms. The molecule has 0 atom stereocenters. The summed E-state index contributed by atoms with van der Waals surface area (Å²) in [5.41, 5.74) is 0.736. The van der Waals surface area contributed by atoms with Gasteiger partial charge in [0, 0.05) is 37.3 Å². The number of hydrogen-bond donors (Lipinski definition) is 2. The Labute approximate surface area is 178 Å². The Morgan fingerprint density at radius 2 is 1.84 bits per heavy atom. The molecule has 31 heavy (non-hydrogen) atoms. The molecule has 9 nitrogen and oxygen atoms in total. The van der Waals surface area contributed by atoms with Crippen molar-refractivity contribution in [3.63, 3.8) is 0 Å². The minimum atomic E-state index is -3.90. The predicted octanol–water partition coefficient (Wildman–Crippen LogP) is 0.911. The van der Waals surface area contributed by atoms with Crippen molar-refractivity contribution in [3.05, 3.63) is 70.5 Å². The highest BCUT2D eigenvalue weighted by atomic mass is 32.2. The summed E-state index contributed by atoms with van der Waals surface area (Å²) in [4.78, 5) is 36.7. The summed E-state index contributed by atoms with van der Waals surface area (Å²) in [5.74, 6) is -0.891. The zero-order valence-electron chi connectivity index (χ0n) is 16.7. The van der Waals surface area contributed by atoms with Crippen LogP contribution in [0.25, 0.3) is 10.9 Å². The van der Waals surface area contributed by atoms with Crippen molar-refractivity contribution in [1.29, 1.82) is 0 Å². The van der Waals surface area contributed by atoms with E-state index in [1.807, 2.05) is 0 Å². The summed E-state index contributed by atoms with van der Waals surface area (Å²) in [6, 6.07) is 14.1. The van der Waals surface area contributed by atoms with Crippen LogP contribution in [-0.4, -0.2) is 48.7 Å². The fourth-order valence-corrected chi connectivity index (χ4v) is 4.94. The Balaban J connectivity index is 1.65. The Kier molecular flexibility index (Phi) is 5.34. The quantitative estimate of drug-likeness (QED) is 0.625. The molecule has 0 saturated carbocycles. The van der Waals surface area contributed by atoms with Gasteiger partial charge in [0.25, 0.3) is 11.5 Å². The maximum Gasteiger partial charge on any atom is 0.256 e. The number of anilines is 1. The first-order chi connectivity index (χ1) is 14.8. The molecule has 0 aliphatic carbocycles. The molecule has 0 spiro atoms. The number of nitrogens with zero attached hydrogens (tertiary/aromatic N) is 2. The second kappa shape index (κ2) is 7.97. The summed E-state index contributed by atoms with van der Waals surface area (Å²) >= 11 is 0. The molecular weight excluding hydrogens is 420 g/mol. The highest BCUT2D eigenvalue weighted by Crippen LogP contribution is 2.22. The van der Waals surface area contributed by atoms with E-state index in [-0.39, 0.29) is 47.2 Å². The number of hydrogen-bond acceptors (Lipinski definition) is 5. The van der Waals surface area contributed by atoms with Crippen molar-refractivity contribution in [3.8, 4) is 0 Å². The van der Waals surface area contributed by atoms with E-state index in [1.54, 1.807) is 37.4 Å². The molecule has 2 N–H and O–H groups in total. The SMILES string of the molecule is Cn1c(=O)cc(C(=O)Nc2cccc(S(=O)(=O)N3CCNC(=O)C3)c2)c2ccccc21. The van der Waals surface area contributed by atoms with E-state index in [4.69, 9.17) is 0 Å². The van der Waals surface area contributed by atoms with Crippen LogP contribution in [0.15, 0.2) is 64.3 Å².